The van der Waals surface area contributed by atoms with E-state index in [9.17, 15) is 0 Å². The Morgan fingerprint density at radius 3 is 2.62 bits per heavy atom. The number of nitrogens with two attached hydrogens (primary N) is 1. The maximum atomic E-state index is 5.96. The van der Waals surface area contributed by atoms with Gasteiger partial charge in [0, 0.05) is 20.3 Å². The van der Waals surface area contributed by atoms with Crippen LogP contribution < -0.4 is 5.73 Å². The molecule has 0 bridgehead atoms. The molecule has 1 atom stereocenters. The van der Waals surface area contributed by atoms with Crippen LogP contribution in [-0.2, 0) is 0 Å². The molecule has 1 unspecified atom stereocenters. The third-order valence-electron chi connectivity index (χ3n) is 2.28. The number of halogens is 2. The molecule has 0 radical (unpaired) electrons. The molecule has 1 aromatic heterocycles. The van der Waals surface area contributed by atoms with E-state index in [1.54, 1.807) is 11.3 Å². The van der Waals surface area contributed by atoms with Crippen LogP contribution in [-0.4, -0.2) is 0 Å². The fourth-order valence-electron chi connectivity index (χ4n) is 1.40. The molecule has 16 heavy (non-hydrogen) atoms. The molecule has 0 saturated carbocycles. The molecule has 1 aromatic carbocycles. The van der Waals surface area contributed by atoms with Gasteiger partial charge in [-0.25, -0.2) is 0 Å². The minimum atomic E-state index is 0.0921. The third kappa shape index (κ3) is 2.48. The van der Waals surface area contributed by atoms with Crippen LogP contribution in [0, 0.1) is 0 Å². The smallest absolute Gasteiger partial charge is 0.0548 e. The first-order chi connectivity index (χ1) is 7.58. The van der Waals surface area contributed by atoms with Gasteiger partial charge in [-0.1, -0.05) is 17.7 Å². The molecule has 0 aliphatic carbocycles. The van der Waals surface area contributed by atoms with Crippen LogP contribution in [0.15, 0.2) is 34.8 Å². The van der Waals surface area contributed by atoms with Crippen LogP contribution in [0.5, 0.6) is 0 Å². The molecule has 2 aromatic rings. The third-order valence-corrected chi connectivity index (χ3v) is 4.83. The number of benzene rings is 1. The highest BCUT2D eigenvalue weighted by atomic mass is 79.9. The number of hydrogen-bond acceptors (Lipinski definition) is 2. The zero-order valence-corrected chi connectivity index (χ0v) is 11.9. The predicted molar refractivity (Wildman–Crippen MR) is 75.1 cm³/mol. The average Bonchev–Trinajstić information content (AvgIpc) is 2.71. The molecule has 0 fully saturated rings. The Morgan fingerprint density at radius 1 is 1.31 bits per heavy atom. The van der Waals surface area contributed by atoms with Gasteiger partial charge in [0.1, 0.15) is 0 Å². The maximum Gasteiger partial charge on any atom is 0.0548 e. The van der Waals surface area contributed by atoms with Gasteiger partial charge in [-0.05, 0) is 52.7 Å². The Balaban J connectivity index is 2.39. The van der Waals surface area contributed by atoms with Gasteiger partial charge >= 0.3 is 0 Å². The van der Waals surface area contributed by atoms with Crippen LogP contribution >= 0.6 is 38.9 Å². The standard InChI is InChI=1S/C12H11BrClNS/c1-7(15)11-4-5-12(16-11)8-2-3-10(14)9(13)6-8/h2-7H,15H2,1H3. The Bertz CT molecular complexity index is 507. The highest BCUT2D eigenvalue weighted by molar-refractivity contribution is 9.10. The Morgan fingerprint density at radius 2 is 2.06 bits per heavy atom. The molecule has 0 aliphatic heterocycles. The summed E-state index contributed by atoms with van der Waals surface area (Å²) in [5, 5.41) is 0.729. The summed E-state index contributed by atoms with van der Waals surface area (Å²) in [6, 6.07) is 10.2. The van der Waals surface area contributed by atoms with E-state index in [0.29, 0.717) is 0 Å². The summed E-state index contributed by atoms with van der Waals surface area (Å²) in [5.41, 5.74) is 7.00. The van der Waals surface area contributed by atoms with Crippen molar-refractivity contribution in [2.24, 2.45) is 5.73 Å². The molecule has 0 amide bonds. The minimum absolute atomic E-state index is 0.0921. The lowest BCUT2D eigenvalue weighted by molar-refractivity contribution is 0.838. The summed E-state index contributed by atoms with van der Waals surface area (Å²) >= 11 is 11.1. The molecule has 4 heteroatoms. The summed E-state index contributed by atoms with van der Waals surface area (Å²) in [5.74, 6) is 0. The van der Waals surface area contributed by atoms with Gasteiger partial charge in [-0.2, -0.15) is 0 Å². The summed E-state index contributed by atoms with van der Waals surface area (Å²) in [6.45, 7) is 1.99. The SMILES string of the molecule is CC(N)c1ccc(-c2ccc(Cl)c(Br)c2)s1. The molecule has 2 N–H and O–H groups in total. The molecule has 84 valence electrons. The molecule has 0 aliphatic rings. The van der Waals surface area contributed by atoms with Gasteiger partial charge in [-0.3, -0.25) is 0 Å². The van der Waals surface area contributed by atoms with E-state index in [1.165, 1.54) is 9.75 Å². The number of hydrogen-bond donors (Lipinski definition) is 1. The van der Waals surface area contributed by atoms with E-state index in [4.69, 9.17) is 17.3 Å². The molecular weight excluding hydrogens is 306 g/mol. The van der Waals surface area contributed by atoms with E-state index in [-0.39, 0.29) is 6.04 Å². The van der Waals surface area contributed by atoms with Crippen LogP contribution in [0.2, 0.25) is 5.02 Å². The highest BCUT2D eigenvalue weighted by Gasteiger charge is 2.07. The van der Waals surface area contributed by atoms with Crippen LogP contribution in [0.4, 0.5) is 0 Å². The highest BCUT2D eigenvalue weighted by Crippen LogP contribution is 2.34. The second kappa shape index (κ2) is 4.88. The normalized spacial score (nSPS) is 12.8. The first-order valence-corrected chi connectivity index (χ1v) is 6.87. The first kappa shape index (κ1) is 12.1. The lowest BCUT2D eigenvalue weighted by Crippen LogP contribution is -2.01. The summed E-state index contributed by atoms with van der Waals surface area (Å²) in [7, 11) is 0. The Labute approximate surface area is 112 Å². The zero-order chi connectivity index (χ0) is 11.7. The second-order valence-corrected chi connectivity index (χ2v) is 6.00. The lowest BCUT2D eigenvalue weighted by Gasteiger charge is -2.01. The van der Waals surface area contributed by atoms with E-state index in [1.807, 2.05) is 25.1 Å². The van der Waals surface area contributed by atoms with E-state index < -0.39 is 0 Å². The van der Waals surface area contributed by atoms with Gasteiger partial charge in [0.15, 0.2) is 0 Å². The predicted octanol–water partition coefficient (Wildman–Crippen LogP) is 4.85. The van der Waals surface area contributed by atoms with Gasteiger partial charge < -0.3 is 5.73 Å². The van der Waals surface area contributed by atoms with Crippen molar-refractivity contribution >= 4 is 38.9 Å². The minimum Gasteiger partial charge on any atom is -0.324 e. The second-order valence-electron chi connectivity index (χ2n) is 3.62. The summed E-state index contributed by atoms with van der Waals surface area (Å²) in [6.07, 6.45) is 0. The topological polar surface area (TPSA) is 26.0 Å². The molecule has 0 spiro atoms. The molecule has 1 heterocycles. The summed E-state index contributed by atoms with van der Waals surface area (Å²) in [4.78, 5) is 2.41. The summed E-state index contributed by atoms with van der Waals surface area (Å²) < 4.78 is 0.919. The lowest BCUT2D eigenvalue weighted by atomic mass is 10.2. The molecule has 2 rings (SSSR count). The van der Waals surface area contributed by atoms with E-state index in [2.05, 4.69) is 28.1 Å². The largest absolute Gasteiger partial charge is 0.324 e. The van der Waals surface area contributed by atoms with Crippen molar-refractivity contribution < 1.29 is 0 Å². The van der Waals surface area contributed by atoms with Crippen molar-refractivity contribution in [3.63, 3.8) is 0 Å². The maximum absolute atomic E-state index is 5.96. The van der Waals surface area contributed by atoms with E-state index >= 15 is 0 Å². The van der Waals surface area contributed by atoms with Crippen molar-refractivity contribution in [2.75, 3.05) is 0 Å². The van der Waals surface area contributed by atoms with Crippen molar-refractivity contribution in [3.8, 4) is 10.4 Å². The zero-order valence-electron chi connectivity index (χ0n) is 8.71. The quantitative estimate of drug-likeness (QED) is 0.842. The van der Waals surface area contributed by atoms with Crippen LogP contribution in [0.1, 0.15) is 17.8 Å². The average molecular weight is 317 g/mol. The molecular formula is C12H11BrClNS. The van der Waals surface area contributed by atoms with E-state index in [0.717, 1.165) is 15.1 Å². The fourth-order valence-corrected chi connectivity index (χ4v) is 2.86. The van der Waals surface area contributed by atoms with Gasteiger partial charge in [0.2, 0.25) is 0 Å². The van der Waals surface area contributed by atoms with Crippen LogP contribution in [0.25, 0.3) is 10.4 Å². The number of thiophene rings is 1. The van der Waals surface area contributed by atoms with Gasteiger partial charge in [0.05, 0.1) is 5.02 Å². The Kier molecular flexibility index (Phi) is 3.70. The fraction of sp³-hybridized carbons (Fsp3) is 0.167. The van der Waals surface area contributed by atoms with Crippen LogP contribution in [0.3, 0.4) is 0 Å². The van der Waals surface area contributed by atoms with Crippen molar-refractivity contribution in [1.82, 2.24) is 0 Å². The van der Waals surface area contributed by atoms with Gasteiger partial charge in [-0.15, -0.1) is 11.3 Å². The monoisotopic (exact) mass is 315 g/mol. The first-order valence-electron chi connectivity index (χ1n) is 4.88. The van der Waals surface area contributed by atoms with Gasteiger partial charge in [0.25, 0.3) is 0 Å². The number of rotatable bonds is 2. The molecule has 1 nitrogen and oxygen atoms in total. The van der Waals surface area contributed by atoms with Crippen molar-refractivity contribution in [3.05, 3.63) is 44.7 Å². The molecule has 0 saturated heterocycles. The van der Waals surface area contributed by atoms with Crippen molar-refractivity contribution in [2.45, 2.75) is 13.0 Å². The Hall–Kier alpha value is -0.350. The van der Waals surface area contributed by atoms with Crippen molar-refractivity contribution in [1.29, 1.82) is 0 Å².